The first kappa shape index (κ1) is 27.3. The molecule has 2 fully saturated rings. The molecule has 1 unspecified atom stereocenters. The molecular weight excluding hydrogens is 502 g/mol. The van der Waals surface area contributed by atoms with Crippen LogP contribution < -0.4 is 29.1 Å². The molecule has 1 aromatic heterocycles. The Labute approximate surface area is 217 Å². The lowest BCUT2D eigenvalue weighted by Gasteiger charge is -2.38. The highest BCUT2D eigenvalue weighted by molar-refractivity contribution is 7.89. The predicted octanol–water partition coefficient (Wildman–Crippen LogP) is 0.559. The highest BCUT2D eigenvalue weighted by Gasteiger charge is 2.43. The Morgan fingerprint density at radius 3 is 2.54 bits per heavy atom. The van der Waals surface area contributed by atoms with Gasteiger partial charge in [-0.15, -0.1) is 0 Å². The highest BCUT2D eigenvalue weighted by Crippen LogP contribution is 2.37. The van der Waals surface area contributed by atoms with Gasteiger partial charge in [-0.25, -0.2) is 13.1 Å². The van der Waals surface area contributed by atoms with Crippen LogP contribution in [0.4, 0.5) is 5.95 Å². The van der Waals surface area contributed by atoms with E-state index in [4.69, 9.17) is 18.9 Å². The van der Waals surface area contributed by atoms with Gasteiger partial charge in [-0.1, -0.05) is 6.07 Å². The summed E-state index contributed by atoms with van der Waals surface area (Å²) in [5, 5.41) is 13.8. The van der Waals surface area contributed by atoms with Crippen LogP contribution in [-0.2, 0) is 14.8 Å². The number of nitrogens with zero attached hydrogens (tertiary/aromatic N) is 3. The molecule has 3 N–H and O–H groups in total. The van der Waals surface area contributed by atoms with Crippen molar-refractivity contribution < 1.29 is 32.5 Å². The van der Waals surface area contributed by atoms with Crippen LogP contribution in [0.25, 0.3) is 0 Å². The summed E-state index contributed by atoms with van der Waals surface area (Å²) in [5.74, 6) is 1.88. The lowest BCUT2D eigenvalue weighted by Crippen LogP contribution is -2.45. The van der Waals surface area contributed by atoms with Gasteiger partial charge in [0, 0.05) is 31.7 Å². The second kappa shape index (κ2) is 11.8. The normalized spacial score (nSPS) is 20.1. The third kappa shape index (κ3) is 6.79. The molecule has 2 aromatic rings. The number of nitrogens with one attached hydrogen (secondary N) is 2. The van der Waals surface area contributed by atoms with E-state index in [0.717, 1.165) is 32.4 Å². The molecule has 1 aromatic carbocycles. The van der Waals surface area contributed by atoms with Crippen LogP contribution in [0.3, 0.4) is 0 Å². The molecule has 2 saturated heterocycles. The number of methoxy groups -OCH3 is 2. The topological polar surface area (TPSA) is 144 Å². The zero-order chi connectivity index (χ0) is 26.5. The van der Waals surface area contributed by atoms with Crippen LogP contribution in [0.1, 0.15) is 19.3 Å². The molecule has 0 saturated carbocycles. The van der Waals surface area contributed by atoms with Gasteiger partial charge >= 0.3 is 0 Å². The number of hydrogen-bond donors (Lipinski definition) is 3. The van der Waals surface area contributed by atoms with Crippen molar-refractivity contribution in [1.82, 2.24) is 20.0 Å². The number of benzene rings is 1. The largest absolute Gasteiger partial charge is 0.491 e. The average molecular weight is 538 g/mol. The van der Waals surface area contributed by atoms with Crippen molar-refractivity contribution in [2.24, 2.45) is 0 Å². The van der Waals surface area contributed by atoms with Crippen LogP contribution in [0.2, 0.25) is 0 Å². The molecule has 13 heteroatoms. The molecule has 1 spiro atoms. The van der Waals surface area contributed by atoms with Crippen LogP contribution in [0.15, 0.2) is 35.2 Å². The summed E-state index contributed by atoms with van der Waals surface area (Å²) < 4.78 is 48.5. The minimum absolute atomic E-state index is 0.0355. The number of hydrogen-bond acceptors (Lipinski definition) is 11. The summed E-state index contributed by atoms with van der Waals surface area (Å²) in [6.45, 7) is 2.45. The van der Waals surface area contributed by atoms with Crippen molar-refractivity contribution in [2.75, 3.05) is 59.0 Å². The summed E-state index contributed by atoms with van der Waals surface area (Å²) in [4.78, 5) is 11.1. The molecule has 0 bridgehead atoms. The van der Waals surface area contributed by atoms with Gasteiger partial charge in [0.25, 0.3) is 0 Å². The quantitative estimate of drug-likeness (QED) is 0.370. The van der Waals surface area contributed by atoms with E-state index >= 15 is 0 Å². The molecule has 4 rings (SSSR count). The maximum atomic E-state index is 12.0. The second-order valence-electron chi connectivity index (χ2n) is 9.19. The standard InChI is InChI=1S/C24H35N5O7S/c1-25-37(31,32)20-6-4-5-19(11-20)35-16-18(30)14-26-17-13-24(36-15-17)7-9-29(10-8-24)23-27-21(33-2)12-22(28-23)34-3/h4-6,11-12,17-18,25-26,30H,7-10,13-16H2,1-3H3/t17-,18?/m1/s1. The predicted molar refractivity (Wildman–Crippen MR) is 136 cm³/mol. The monoisotopic (exact) mass is 537 g/mol. The summed E-state index contributed by atoms with van der Waals surface area (Å²) >= 11 is 0. The molecule has 0 aliphatic carbocycles. The van der Waals surface area contributed by atoms with E-state index in [1.54, 1.807) is 32.4 Å². The summed E-state index contributed by atoms with van der Waals surface area (Å²) in [6.07, 6.45) is 1.76. The van der Waals surface area contributed by atoms with Gasteiger partial charge in [-0.2, -0.15) is 9.97 Å². The fourth-order valence-corrected chi connectivity index (χ4v) is 5.35. The molecule has 2 aliphatic rings. The molecule has 2 aliphatic heterocycles. The van der Waals surface area contributed by atoms with Crippen molar-refractivity contribution in [3.8, 4) is 17.5 Å². The molecule has 37 heavy (non-hydrogen) atoms. The number of rotatable bonds is 11. The molecule has 0 radical (unpaired) electrons. The van der Waals surface area contributed by atoms with Crippen molar-refractivity contribution in [3.05, 3.63) is 30.3 Å². The van der Waals surface area contributed by atoms with Gasteiger partial charge in [-0.3, -0.25) is 0 Å². The SMILES string of the molecule is CNS(=O)(=O)c1cccc(OCC(O)CN[C@H]2COC3(CCN(c4nc(OC)cc(OC)n4)CC3)C2)c1. The van der Waals surface area contributed by atoms with E-state index < -0.39 is 16.1 Å². The Bertz CT molecular complexity index is 1140. The minimum Gasteiger partial charge on any atom is -0.491 e. The van der Waals surface area contributed by atoms with Crippen LogP contribution >= 0.6 is 0 Å². The summed E-state index contributed by atoms with van der Waals surface area (Å²) in [5.41, 5.74) is -0.210. The number of sulfonamides is 1. The third-order valence-corrected chi connectivity index (χ3v) is 8.13. The van der Waals surface area contributed by atoms with E-state index in [-0.39, 0.29) is 23.1 Å². The Hall–Kier alpha value is -2.71. The fraction of sp³-hybridized carbons (Fsp3) is 0.583. The number of aliphatic hydroxyl groups is 1. The lowest BCUT2D eigenvalue weighted by molar-refractivity contribution is -0.0152. The number of ether oxygens (including phenoxy) is 4. The molecule has 204 valence electrons. The number of piperidine rings is 1. The van der Waals surface area contributed by atoms with Gasteiger partial charge in [0.1, 0.15) is 18.5 Å². The average Bonchev–Trinajstić information content (AvgIpc) is 3.33. The van der Waals surface area contributed by atoms with Crippen molar-refractivity contribution >= 4 is 16.0 Å². The van der Waals surface area contributed by atoms with Gasteiger partial charge in [0.15, 0.2) is 0 Å². The number of anilines is 1. The molecule has 3 heterocycles. The number of aliphatic hydroxyl groups excluding tert-OH is 1. The van der Waals surface area contributed by atoms with E-state index in [1.807, 2.05) is 0 Å². The molecule has 2 atom stereocenters. The fourth-order valence-electron chi connectivity index (χ4n) is 4.58. The van der Waals surface area contributed by atoms with Crippen LogP contribution in [0, 0.1) is 0 Å². The van der Waals surface area contributed by atoms with Crippen molar-refractivity contribution in [2.45, 2.75) is 41.9 Å². The summed E-state index contributed by atoms with van der Waals surface area (Å²) in [7, 11) is 0.921. The molecule has 12 nitrogen and oxygen atoms in total. The smallest absolute Gasteiger partial charge is 0.240 e. The Balaban J connectivity index is 1.22. The molecular formula is C24H35N5O7S. The Kier molecular flexibility index (Phi) is 8.70. The maximum Gasteiger partial charge on any atom is 0.240 e. The second-order valence-corrected chi connectivity index (χ2v) is 11.1. The number of aromatic nitrogens is 2. The van der Waals surface area contributed by atoms with Gasteiger partial charge in [0.05, 0.1) is 37.4 Å². The third-order valence-electron chi connectivity index (χ3n) is 6.72. The van der Waals surface area contributed by atoms with Crippen molar-refractivity contribution in [1.29, 1.82) is 0 Å². The van der Waals surface area contributed by atoms with E-state index in [2.05, 4.69) is 24.9 Å². The van der Waals surface area contributed by atoms with Crippen molar-refractivity contribution in [3.63, 3.8) is 0 Å². The first-order chi connectivity index (χ1) is 17.8. The Morgan fingerprint density at radius 1 is 1.19 bits per heavy atom. The lowest BCUT2D eigenvalue weighted by atomic mass is 9.87. The van der Waals surface area contributed by atoms with Gasteiger partial charge in [0.2, 0.25) is 27.7 Å². The van der Waals surface area contributed by atoms with Gasteiger partial charge in [-0.05, 0) is 38.4 Å². The Morgan fingerprint density at radius 2 is 1.89 bits per heavy atom. The maximum absolute atomic E-state index is 12.0. The first-order valence-corrected chi connectivity index (χ1v) is 13.7. The summed E-state index contributed by atoms with van der Waals surface area (Å²) in [6, 6.07) is 7.94. The highest BCUT2D eigenvalue weighted by atomic mass is 32.2. The first-order valence-electron chi connectivity index (χ1n) is 12.2. The van der Waals surface area contributed by atoms with Crippen LogP contribution in [-0.4, -0.2) is 95.4 Å². The zero-order valence-corrected chi connectivity index (χ0v) is 22.2. The van der Waals surface area contributed by atoms with E-state index in [0.29, 0.717) is 36.6 Å². The molecule has 0 amide bonds. The minimum atomic E-state index is -3.56. The zero-order valence-electron chi connectivity index (χ0n) is 21.3. The van der Waals surface area contributed by atoms with E-state index in [1.165, 1.54) is 19.2 Å². The van der Waals surface area contributed by atoms with E-state index in [9.17, 15) is 13.5 Å². The van der Waals surface area contributed by atoms with Gasteiger partial charge < -0.3 is 34.3 Å². The van der Waals surface area contributed by atoms with Crippen LogP contribution in [0.5, 0.6) is 17.5 Å².